The third-order valence-electron chi connectivity index (χ3n) is 3.10. The van der Waals surface area contributed by atoms with E-state index in [1.54, 1.807) is 6.26 Å². The van der Waals surface area contributed by atoms with Gasteiger partial charge in [-0.2, -0.15) is 4.98 Å². The zero-order valence-electron chi connectivity index (χ0n) is 8.54. The second-order valence-corrected chi connectivity index (χ2v) is 4.22. The fourth-order valence-electron chi connectivity index (χ4n) is 2.27. The quantitative estimate of drug-likeness (QED) is 0.805. The number of anilines is 1. The van der Waals surface area contributed by atoms with Crippen LogP contribution >= 0.6 is 0 Å². The predicted octanol–water partition coefficient (Wildman–Crippen LogP) is 2.77. The number of nitrogens with zero attached hydrogens (tertiary/aromatic N) is 1. The SMILES string of the molecule is Nc1nc(CCC2CCCCC2)co1. The van der Waals surface area contributed by atoms with Gasteiger partial charge in [-0.3, -0.25) is 0 Å². The van der Waals surface area contributed by atoms with Crippen LogP contribution in [-0.4, -0.2) is 4.98 Å². The minimum Gasteiger partial charge on any atom is -0.432 e. The Kier molecular flexibility index (Phi) is 3.07. The molecule has 1 heterocycles. The molecule has 14 heavy (non-hydrogen) atoms. The first-order valence-electron chi connectivity index (χ1n) is 5.54. The van der Waals surface area contributed by atoms with Crippen molar-refractivity contribution in [2.75, 3.05) is 5.73 Å². The molecule has 0 aliphatic heterocycles. The van der Waals surface area contributed by atoms with Crippen molar-refractivity contribution in [3.05, 3.63) is 12.0 Å². The van der Waals surface area contributed by atoms with Crippen LogP contribution in [0.4, 0.5) is 6.01 Å². The summed E-state index contributed by atoms with van der Waals surface area (Å²) in [5.74, 6) is 0.904. The molecule has 2 N–H and O–H groups in total. The van der Waals surface area contributed by atoms with Crippen molar-refractivity contribution in [2.24, 2.45) is 5.92 Å². The summed E-state index contributed by atoms with van der Waals surface area (Å²) in [5, 5.41) is 0. The molecule has 3 heteroatoms. The minimum absolute atomic E-state index is 0.295. The maximum Gasteiger partial charge on any atom is 0.292 e. The van der Waals surface area contributed by atoms with Gasteiger partial charge in [0.05, 0.1) is 5.69 Å². The molecule has 0 spiro atoms. The molecule has 1 aromatic heterocycles. The lowest BCUT2D eigenvalue weighted by atomic mass is 9.86. The normalized spacial score (nSPS) is 18.6. The number of hydrogen-bond donors (Lipinski definition) is 1. The molecular formula is C11H18N2O. The lowest BCUT2D eigenvalue weighted by Gasteiger charge is -2.20. The third-order valence-corrected chi connectivity index (χ3v) is 3.10. The Balaban J connectivity index is 1.76. The Morgan fingerprint density at radius 3 is 2.79 bits per heavy atom. The minimum atomic E-state index is 0.295. The summed E-state index contributed by atoms with van der Waals surface area (Å²) >= 11 is 0. The van der Waals surface area contributed by atoms with Gasteiger partial charge in [0.2, 0.25) is 0 Å². The molecule has 1 aromatic rings. The molecule has 3 nitrogen and oxygen atoms in total. The third kappa shape index (κ3) is 2.50. The van der Waals surface area contributed by atoms with Crippen molar-refractivity contribution in [1.29, 1.82) is 0 Å². The monoisotopic (exact) mass is 194 g/mol. The van der Waals surface area contributed by atoms with Crippen LogP contribution < -0.4 is 5.73 Å². The molecule has 0 amide bonds. The molecule has 0 bridgehead atoms. The van der Waals surface area contributed by atoms with Gasteiger partial charge in [-0.1, -0.05) is 32.1 Å². The van der Waals surface area contributed by atoms with Crippen molar-refractivity contribution in [3.8, 4) is 0 Å². The first-order valence-corrected chi connectivity index (χ1v) is 5.54. The maximum absolute atomic E-state index is 5.41. The van der Waals surface area contributed by atoms with Crippen molar-refractivity contribution in [3.63, 3.8) is 0 Å². The Morgan fingerprint density at radius 1 is 1.36 bits per heavy atom. The van der Waals surface area contributed by atoms with Crippen LogP contribution in [0.2, 0.25) is 0 Å². The van der Waals surface area contributed by atoms with Gasteiger partial charge in [-0.05, 0) is 18.8 Å². The fraction of sp³-hybridized carbons (Fsp3) is 0.727. The number of nitrogens with two attached hydrogens (primary N) is 1. The van der Waals surface area contributed by atoms with Gasteiger partial charge >= 0.3 is 0 Å². The molecule has 78 valence electrons. The number of nitrogen functional groups attached to an aromatic ring is 1. The molecule has 2 rings (SSSR count). The standard InChI is InChI=1S/C11H18N2O/c12-11-13-10(8-14-11)7-6-9-4-2-1-3-5-9/h8-9H,1-7H2,(H2,12,13). The van der Waals surface area contributed by atoms with Gasteiger partial charge in [-0.15, -0.1) is 0 Å². The number of aromatic nitrogens is 1. The second-order valence-electron chi connectivity index (χ2n) is 4.22. The first kappa shape index (κ1) is 9.56. The van der Waals surface area contributed by atoms with Crippen LogP contribution in [0, 0.1) is 5.92 Å². The molecule has 0 unspecified atom stereocenters. The van der Waals surface area contributed by atoms with Crippen LogP contribution in [0.1, 0.15) is 44.2 Å². The molecule has 0 saturated heterocycles. The van der Waals surface area contributed by atoms with E-state index < -0.39 is 0 Å². The number of oxazole rings is 1. The molecule has 1 aliphatic rings. The zero-order chi connectivity index (χ0) is 9.80. The van der Waals surface area contributed by atoms with E-state index in [1.807, 2.05) is 0 Å². The van der Waals surface area contributed by atoms with Crippen molar-refractivity contribution in [2.45, 2.75) is 44.9 Å². The van der Waals surface area contributed by atoms with Crippen molar-refractivity contribution >= 4 is 6.01 Å². The van der Waals surface area contributed by atoms with Gasteiger partial charge in [-0.25, -0.2) is 0 Å². The lowest BCUT2D eigenvalue weighted by Crippen LogP contribution is -2.07. The summed E-state index contributed by atoms with van der Waals surface area (Å²) in [6.45, 7) is 0. The Morgan fingerprint density at radius 2 is 2.14 bits per heavy atom. The van der Waals surface area contributed by atoms with E-state index in [0.717, 1.165) is 18.0 Å². The Hall–Kier alpha value is -0.990. The van der Waals surface area contributed by atoms with E-state index in [4.69, 9.17) is 10.2 Å². The lowest BCUT2D eigenvalue weighted by molar-refractivity contribution is 0.338. The summed E-state index contributed by atoms with van der Waals surface area (Å²) in [5.41, 5.74) is 6.42. The predicted molar refractivity (Wildman–Crippen MR) is 55.8 cm³/mol. The Labute approximate surface area is 84.7 Å². The first-order chi connectivity index (χ1) is 6.84. The van der Waals surface area contributed by atoms with Crippen molar-refractivity contribution < 1.29 is 4.42 Å². The van der Waals surface area contributed by atoms with E-state index in [0.29, 0.717) is 6.01 Å². The summed E-state index contributed by atoms with van der Waals surface area (Å²) in [4.78, 5) is 4.11. The van der Waals surface area contributed by atoms with E-state index in [-0.39, 0.29) is 0 Å². The van der Waals surface area contributed by atoms with Gasteiger partial charge in [0, 0.05) is 0 Å². The zero-order valence-corrected chi connectivity index (χ0v) is 8.54. The van der Waals surface area contributed by atoms with Crippen LogP contribution in [-0.2, 0) is 6.42 Å². The molecule has 1 saturated carbocycles. The summed E-state index contributed by atoms with van der Waals surface area (Å²) in [6.07, 6.45) is 11.0. The molecule has 0 radical (unpaired) electrons. The van der Waals surface area contributed by atoms with Crippen LogP contribution in [0.3, 0.4) is 0 Å². The highest BCUT2D eigenvalue weighted by atomic mass is 16.4. The highest BCUT2D eigenvalue weighted by Crippen LogP contribution is 2.27. The second kappa shape index (κ2) is 4.49. The van der Waals surface area contributed by atoms with Crippen molar-refractivity contribution in [1.82, 2.24) is 4.98 Å². The summed E-state index contributed by atoms with van der Waals surface area (Å²) in [6, 6.07) is 0.295. The summed E-state index contributed by atoms with van der Waals surface area (Å²) < 4.78 is 4.97. The van der Waals surface area contributed by atoms with Crippen LogP contribution in [0.15, 0.2) is 10.7 Å². The van der Waals surface area contributed by atoms with Gasteiger partial charge < -0.3 is 10.2 Å². The average molecular weight is 194 g/mol. The topological polar surface area (TPSA) is 52.0 Å². The number of rotatable bonds is 3. The molecule has 1 fully saturated rings. The molecular weight excluding hydrogens is 176 g/mol. The van der Waals surface area contributed by atoms with Gasteiger partial charge in [0.1, 0.15) is 6.26 Å². The fourth-order valence-corrected chi connectivity index (χ4v) is 2.27. The Bertz CT molecular complexity index is 277. The van der Waals surface area contributed by atoms with E-state index in [2.05, 4.69) is 4.98 Å². The largest absolute Gasteiger partial charge is 0.432 e. The maximum atomic E-state index is 5.41. The molecule has 0 aromatic carbocycles. The smallest absolute Gasteiger partial charge is 0.292 e. The van der Waals surface area contributed by atoms with Crippen LogP contribution in [0.5, 0.6) is 0 Å². The molecule has 1 aliphatic carbocycles. The highest BCUT2D eigenvalue weighted by Gasteiger charge is 2.13. The van der Waals surface area contributed by atoms with E-state index >= 15 is 0 Å². The van der Waals surface area contributed by atoms with Gasteiger partial charge in [0.15, 0.2) is 0 Å². The number of hydrogen-bond acceptors (Lipinski definition) is 3. The van der Waals surface area contributed by atoms with Gasteiger partial charge in [0.25, 0.3) is 6.01 Å². The van der Waals surface area contributed by atoms with E-state index in [9.17, 15) is 0 Å². The summed E-state index contributed by atoms with van der Waals surface area (Å²) in [7, 11) is 0. The molecule has 0 atom stereocenters. The average Bonchev–Trinajstić information content (AvgIpc) is 2.63. The number of aryl methyl sites for hydroxylation is 1. The highest BCUT2D eigenvalue weighted by molar-refractivity contribution is 5.12. The van der Waals surface area contributed by atoms with E-state index in [1.165, 1.54) is 38.5 Å². The van der Waals surface area contributed by atoms with Crippen LogP contribution in [0.25, 0.3) is 0 Å².